The smallest absolute Gasteiger partial charge is 0.0284 e. The number of hydrogen-bond acceptors (Lipinski definition) is 2. The highest BCUT2D eigenvalue weighted by atomic mass is 15.2. The van der Waals surface area contributed by atoms with Crippen molar-refractivity contribution in [2.75, 3.05) is 19.6 Å². The minimum absolute atomic E-state index is 0.419. The van der Waals surface area contributed by atoms with Crippen molar-refractivity contribution in [3.05, 3.63) is 35.9 Å². The molecule has 0 saturated heterocycles. The van der Waals surface area contributed by atoms with Crippen LogP contribution in [0.25, 0.3) is 0 Å². The van der Waals surface area contributed by atoms with Gasteiger partial charge in [-0.2, -0.15) is 0 Å². The van der Waals surface area contributed by atoms with Crippen LogP contribution < -0.4 is 5.73 Å². The van der Waals surface area contributed by atoms with Crippen LogP contribution in [0.2, 0.25) is 0 Å². The first-order valence-electron chi connectivity index (χ1n) is 7.94. The van der Waals surface area contributed by atoms with Crippen LogP contribution in [0.5, 0.6) is 0 Å². The molecule has 0 aliphatic heterocycles. The molecule has 2 nitrogen and oxygen atoms in total. The van der Waals surface area contributed by atoms with Crippen molar-refractivity contribution in [2.24, 2.45) is 17.6 Å². The molecule has 2 atom stereocenters. The molecule has 2 unspecified atom stereocenters. The number of nitrogens with two attached hydrogens (primary N) is 1. The van der Waals surface area contributed by atoms with E-state index < -0.39 is 0 Å². The second kappa shape index (κ2) is 8.43. The molecule has 0 radical (unpaired) electrons. The Bertz CT molecular complexity index is 349. The molecule has 0 aliphatic carbocycles. The minimum atomic E-state index is 0.419. The molecule has 0 fully saturated rings. The highest BCUT2D eigenvalue weighted by molar-refractivity contribution is 5.20. The number of nitrogens with zero attached hydrogens (tertiary/aromatic N) is 1. The summed E-state index contributed by atoms with van der Waals surface area (Å²) in [5.41, 5.74) is 7.51. The van der Waals surface area contributed by atoms with Gasteiger partial charge in [0.25, 0.3) is 0 Å². The summed E-state index contributed by atoms with van der Waals surface area (Å²) < 4.78 is 0. The van der Waals surface area contributed by atoms with Crippen LogP contribution in [0.4, 0.5) is 0 Å². The molecule has 20 heavy (non-hydrogen) atoms. The molecule has 1 aromatic rings. The minimum Gasteiger partial charge on any atom is -0.329 e. The first-order valence-corrected chi connectivity index (χ1v) is 7.94. The van der Waals surface area contributed by atoms with Crippen molar-refractivity contribution in [3.63, 3.8) is 0 Å². The Morgan fingerprint density at radius 2 is 1.40 bits per heavy atom. The van der Waals surface area contributed by atoms with Gasteiger partial charge in [0.2, 0.25) is 0 Å². The molecule has 1 rings (SSSR count). The van der Waals surface area contributed by atoms with Crippen molar-refractivity contribution in [3.8, 4) is 0 Å². The Morgan fingerprint density at radius 3 is 1.80 bits per heavy atom. The predicted molar refractivity (Wildman–Crippen MR) is 88.9 cm³/mol. The van der Waals surface area contributed by atoms with Gasteiger partial charge in [0, 0.05) is 25.7 Å². The molecule has 0 amide bonds. The third-order valence-electron chi connectivity index (χ3n) is 3.81. The molecule has 0 heterocycles. The Kier molecular flexibility index (Phi) is 7.25. The maximum absolute atomic E-state index is 6.12. The van der Waals surface area contributed by atoms with Crippen LogP contribution in [0.3, 0.4) is 0 Å². The Hall–Kier alpha value is -0.860. The fraction of sp³-hybridized carbons (Fsp3) is 0.667. The summed E-state index contributed by atoms with van der Waals surface area (Å²) >= 11 is 0. The summed E-state index contributed by atoms with van der Waals surface area (Å²) in [5, 5.41) is 0. The van der Waals surface area contributed by atoms with Crippen LogP contribution in [0.15, 0.2) is 30.3 Å². The molecular formula is C18H32N2. The van der Waals surface area contributed by atoms with E-state index in [1.54, 1.807) is 0 Å². The second-order valence-electron chi connectivity index (χ2n) is 6.74. The van der Waals surface area contributed by atoms with Crippen molar-refractivity contribution in [2.45, 2.75) is 46.6 Å². The number of rotatable bonds is 8. The van der Waals surface area contributed by atoms with Gasteiger partial charge in [0.1, 0.15) is 0 Å². The van der Waals surface area contributed by atoms with Crippen molar-refractivity contribution < 1.29 is 0 Å². The lowest BCUT2D eigenvalue weighted by molar-refractivity contribution is 0.143. The van der Waals surface area contributed by atoms with Gasteiger partial charge in [-0.05, 0) is 23.3 Å². The van der Waals surface area contributed by atoms with E-state index >= 15 is 0 Å². The van der Waals surface area contributed by atoms with Crippen molar-refractivity contribution in [1.82, 2.24) is 4.90 Å². The average molecular weight is 276 g/mol. The normalized spacial score (nSPS) is 15.1. The van der Waals surface area contributed by atoms with Gasteiger partial charge < -0.3 is 5.73 Å². The van der Waals surface area contributed by atoms with Crippen molar-refractivity contribution in [1.29, 1.82) is 0 Å². The molecule has 2 heteroatoms. The van der Waals surface area contributed by atoms with Crippen LogP contribution in [-0.4, -0.2) is 30.6 Å². The topological polar surface area (TPSA) is 29.3 Å². The lowest BCUT2D eigenvalue weighted by atomic mass is 9.91. The maximum Gasteiger partial charge on any atom is 0.0284 e. The first kappa shape index (κ1) is 17.2. The van der Waals surface area contributed by atoms with Crippen molar-refractivity contribution >= 4 is 0 Å². The summed E-state index contributed by atoms with van der Waals surface area (Å²) in [6, 6.07) is 11.2. The zero-order chi connectivity index (χ0) is 15.1. The SMILES string of the molecule is CC(C)CN(CC(C)C)C(CN)C(C)c1ccccc1. The summed E-state index contributed by atoms with van der Waals surface area (Å²) in [6.07, 6.45) is 0. The van der Waals surface area contributed by atoms with E-state index in [-0.39, 0.29) is 0 Å². The van der Waals surface area contributed by atoms with E-state index in [0.717, 1.165) is 19.6 Å². The second-order valence-corrected chi connectivity index (χ2v) is 6.74. The Labute approximate surface area is 125 Å². The fourth-order valence-electron chi connectivity index (χ4n) is 2.93. The summed E-state index contributed by atoms with van der Waals surface area (Å²) in [6.45, 7) is 14.4. The van der Waals surface area contributed by atoms with Gasteiger partial charge in [0.15, 0.2) is 0 Å². The maximum atomic E-state index is 6.12. The molecule has 1 aromatic carbocycles. The van der Waals surface area contributed by atoms with Gasteiger partial charge >= 0.3 is 0 Å². The van der Waals surface area contributed by atoms with Crippen LogP contribution in [0, 0.1) is 11.8 Å². The predicted octanol–water partition coefficient (Wildman–Crippen LogP) is 3.73. The molecule has 0 aliphatic rings. The highest BCUT2D eigenvalue weighted by Gasteiger charge is 2.25. The largest absolute Gasteiger partial charge is 0.329 e. The molecule has 0 bridgehead atoms. The first-order chi connectivity index (χ1) is 9.45. The van der Waals surface area contributed by atoms with Gasteiger partial charge in [-0.1, -0.05) is 65.0 Å². The molecule has 0 aromatic heterocycles. The van der Waals surface area contributed by atoms with Gasteiger partial charge in [-0.25, -0.2) is 0 Å². The third-order valence-corrected chi connectivity index (χ3v) is 3.81. The lowest BCUT2D eigenvalue weighted by Gasteiger charge is -2.37. The molecule has 2 N–H and O–H groups in total. The summed E-state index contributed by atoms with van der Waals surface area (Å²) in [5.74, 6) is 1.82. The Morgan fingerprint density at radius 1 is 0.900 bits per heavy atom. The molecular weight excluding hydrogens is 244 g/mol. The van der Waals surface area contributed by atoms with Gasteiger partial charge in [-0.3, -0.25) is 4.90 Å². The number of benzene rings is 1. The quantitative estimate of drug-likeness (QED) is 0.784. The zero-order valence-electron chi connectivity index (χ0n) is 13.8. The van der Waals surface area contributed by atoms with Gasteiger partial charge in [0.05, 0.1) is 0 Å². The van der Waals surface area contributed by atoms with E-state index in [4.69, 9.17) is 5.73 Å². The van der Waals surface area contributed by atoms with Gasteiger partial charge in [-0.15, -0.1) is 0 Å². The van der Waals surface area contributed by atoms with Crippen LogP contribution in [-0.2, 0) is 0 Å². The standard InChI is InChI=1S/C18H32N2/c1-14(2)12-20(13-15(3)4)18(11-19)16(5)17-9-7-6-8-10-17/h6-10,14-16,18H,11-13,19H2,1-5H3. The zero-order valence-corrected chi connectivity index (χ0v) is 13.8. The van der Waals surface area contributed by atoms with E-state index in [2.05, 4.69) is 69.9 Å². The average Bonchev–Trinajstić information content (AvgIpc) is 2.39. The molecule has 0 spiro atoms. The third kappa shape index (κ3) is 5.26. The number of hydrogen-bond donors (Lipinski definition) is 1. The van der Waals surface area contributed by atoms with E-state index in [0.29, 0.717) is 23.8 Å². The van der Waals surface area contributed by atoms with E-state index in [1.807, 2.05) is 0 Å². The summed E-state index contributed by atoms with van der Waals surface area (Å²) in [4.78, 5) is 2.59. The molecule has 114 valence electrons. The molecule has 0 saturated carbocycles. The lowest BCUT2D eigenvalue weighted by Crippen LogP contribution is -2.47. The van der Waals surface area contributed by atoms with E-state index in [1.165, 1.54) is 5.56 Å². The monoisotopic (exact) mass is 276 g/mol. The highest BCUT2D eigenvalue weighted by Crippen LogP contribution is 2.24. The Balaban J connectivity index is 2.88. The fourth-order valence-corrected chi connectivity index (χ4v) is 2.93. The summed E-state index contributed by atoms with van der Waals surface area (Å²) in [7, 11) is 0. The van der Waals surface area contributed by atoms with Crippen LogP contribution >= 0.6 is 0 Å². The van der Waals surface area contributed by atoms with Crippen LogP contribution in [0.1, 0.15) is 46.1 Å². The van der Waals surface area contributed by atoms with E-state index in [9.17, 15) is 0 Å².